The summed E-state index contributed by atoms with van der Waals surface area (Å²) in [4.78, 5) is 29.0. The first-order valence-electron chi connectivity index (χ1n) is 13.7. The van der Waals surface area contributed by atoms with Gasteiger partial charge in [-0.25, -0.2) is 8.42 Å². The fourth-order valence-electron chi connectivity index (χ4n) is 4.36. The smallest absolute Gasteiger partial charge is 0.264 e. The van der Waals surface area contributed by atoms with Crippen LogP contribution in [-0.4, -0.2) is 50.9 Å². The highest BCUT2D eigenvalue weighted by Gasteiger charge is 2.35. The first-order valence-corrected chi connectivity index (χ1v) is 15.9. The van der Waals surface area contributed by atoms with E-state index in [1.165, 1.54) is 29.2 Å². The summed E-state index contributed by atoms with van der Waals surface area (Å²) in [7, 11) is -2.73. The van der Waals surface area contributed by atoms with Crippen LogP contribution >= 0.6 is 23.2 Å². The van der Waals surface area contributed by atoms with Gasteiger partial charge in [-0.2, -0.15) is 0 Å². The number of anilines is 1. The Balaban J connectivity index is 2.11. The summed E-state index contributed by atoms with van der Waals surface area (Å²) in [6.45, 7) is 6.92. The van der Waals surface area contributed by atoms with Gasteiger partial charge in [-0.3, -0.25) is 13.9 Å². The number of ether oxygens (including phenoxy) is 1. The number of sulfonamides is 1. The van der Waals surface area contributed by atoms with Crippen molar-refractivity contribution in [2.24, 2.45) is 0 Å². The number of hydrogen-bond acceptors (Lipinski definition) is 5. The van der Waals surface area contributed by atoms with Crippen LogP contribution in [0.5, 0.6) is 5.75 Å². The fraction of sp³-hybridized carbons (Fsp3) is 0.355. The second kappa shape index (κ2) is 14.8. The number of methoxy groups -OCH3 is 1. The van der Waals surface area contributed by atoms with E-state index in [4.69, 9.17) is 27.9 Å². The molecule has 42 heavy (non-hydrogen) atoms. The highest BCUT2D eigenvalue weighted by molar-refractivity contribution is 7.92. The van der Waals surface area contributed by atoms with E-state index in [9.17, 15) is 18.0 Å². The summed E-state index contributed by atoms with van der Waals surface area (Å²) < 4.78 is 34.3. The number of benzene rings is 3. The first-order chi connectivity index (χ1) is 19.9. The molecule has 0 spiro atoms. The van der Waals surface area contributed by atoms with E-state index in [1.807, 2.05) is 26.8 Å². The highest BCUT2D eigenvalue weighted by Crippen LogP contribution is 2.35. The van der Waals surface area contributed by atoms with Crippen molar-refractivity contribution in [3.63, 3.8) is 0 Å². The molecule has 2 atom stereocenters. The third kappa shape index (κ3) is 7.96. The Labute approximate surface area is 258 Å². The number of carbonyl (C=O) groups excluding carboxylic acids is 2. The molecule has 3 aromatic carbocycles. The van der Waals surface area contributed by atoms with Gasteiger partial charge in [0.25, 0.3) is 10.0 Å². The topological polar surface area (TPSA) is 96.0 Å². The molecule has 226 valence electrons. The summed E-state index contributed by atoms with van der Waals surface area (Å²) >= 11 is 12.8. The van der Waals surface area contributed by atoms with Crippen molar-refractivity contribution in [2.75, 3.05) is 18.0 Å². The van der Waals surface area contributed by atoms with E-state index in [1.54, 1.807) is 50.4 Å². The molecule has 8 nitrogen and oxygen atoms in total. The molecule has 2 amide bonds. The van der Waals surface area contributed by atoms with Gasteiger partial charge in [-0.05, 0) is 68.7 Å². The SMILES string of the molecule is CCC(C)NC(=O)C(CC)N(Cc1cccc(OC)c1)C(=O)CN(c1cccc(Cl)c1Cl)S(=O)(=O)c1ccc(C)cc1. The Morgan fingerprint density at radius 1 is 0.976 bits per heavy atom. The van der Waals surface area contributed by atoms with Crippen molar-refractivity contribution in [3.8, 4) is 5.75 Å². The molecular formula is C31H37Cl2N3O5S. The van der Waals surface area contributed by atoms with E-state index in [0.717, 1.165) is 9.87 Å². The summed E-state index contributed by atoms with van der Waals surface area (Å²) in [6.07, 6.45) is 1.02. The number of rotatable bonds is 13. The van der Waals surface area contributed by atoms with Crippen LogP contribution in [0.1, 0.15) is 44.7 Å². The van der Waals surface area contributed by atoms with Gasteiger partial charge in [-0.1, -0.05) is 72.9 Å². The summed E-state index contributed by atoms with van der Waals surface area (Å²) in [5.41, 5.74) is 1.64. The van der Waals surface area contributed by atoms with Crippen molar-refractivity contribution in [3.05, 3.63) is 87.9 Å². The van der Waals surface area contributed by atoms with Gasteiger partial charge in [0.2, 0.25) is 11.8 Å². The van der Waals surface area contributed by atoms with Crippen LogP contribution in [0, 0.1) is 6.92 Å². The van der Waals surface area contributed by atoms with Crippen LogP contribution in [0.2, 0.25) is 10.0 Å². The van der Waals surface area contributed by atoms with Crippen LogP contribution < -0.4 is 14.4 Å². The molecule has 1 N–H and O–H groups in total. The Bertz CT molecular complexity index is 1500. The van der Waals surface area contributed by atoms with E-state index in [0.29, 0.717) is 24.2 Å². The lowest BCUT2D eigenvalue weighted by molar-refractivity contribution is -0.140. The molecule has 11 heteroatoms. The predicted octanol–water partition coefficient (Wildman–Crippen LogP) is 6.23. The lowest BCUT2D eigenvalue weighted by Gasteiger charge is -2.34. The Morgan fingerprint density at radius 2 is 1.64 bits per heavy atom. The second-order valence-electron chi connectivity index (χ2n) is 10.0. The monoisotopic (exact) mass is 633 g/mol. The normalized spacial score (nSPS) is 12.7. The fourth-order valence-corrected chi connectivity index (χ4v) is 6.24. The van der Waals surface area contributed by atoms with Crippen LogP contribution in [-0.2, 0) is 26.2 Å². The van der Waals surface area contributed by atoms with Crippen LogP contribution in [0.15, 0.2) is 71.6 Å². The molecule has 0 aromatic heterocycles. The zero-order valence-electron chi connectivity index (χ0n) is 24.4. The lowest BCUT2D eigenvalue weighted by atomic mass is 10.1. The zero-order valence-corrected chi connectivity index (χ0v) is 26.8. The van der Waals surface area contributed by atoms with Crippen molar-refractivity contribution in [2.45, 2.75) is 64.1 Å². The van der Waals surface area contributed by atoms with Gasteiger partial charge >= 0.3 is 0 Å². The summed E-state index contributed by atoms with van der Waals surface area (Å²) in [5.74, 6) is -0.321. The van der Waals surface area contributed by atoms with Crippen LogP contribution in [0.3, 0.4) is 0 Å². The van der Waals surface area contributed by atoms with Crippen molar-refractivity contribution in [1.82, 2.24) is 10.2 Å². The molecule has 0 saturated heterocycles. The van der Waals surface area contributed by atoms with Crippen molar-refractivity contribution >= 4 is 50.7 Å². The summed E-state index contributed by atoms with van der Waals surface area (Å²) in [5, 5.41) is 3.09. The Morgan fingerprint density at radius 3 is 2.26 bits per heavy atom. The molecule has 0 heterocycles. The van der Waals surface area contributed by atoms with E-state index < -0.39 is 28.5 Å². The molecule has 0 radical (unpaired) electrons. The number of halogens is 2. The number of nitrogens with one attached hydrogen (secondary N) is 1. The number of hydrogen-bond donors (Lipinski definition) is 1. The number of carbonyl (C=O) groups is 2. The lowest BCUT2D eigenvalue weighted by Crippen LogP contribution is -2.53. The highest BCUT2D eigenvalue weighted by atomic mass is 35.5. The number of amides is 2. The second-order valence-corrected chi connectivity index (χ2v) is 12.7. The standard InChI is InChI=1S/C31H37Cl2N3O5S/c1-6-22(4)34-31(38)27(7-2)35(19-23-10-8-11-24(18-23)41-5)29(37)20-36(28-13-9-12-26(32)30(28)33)42(39,40)25-16-14-21(3)15-17-25/h8-18,22,27H,6-7,19-20H2,1-5H3,(H,34,38). The maximum Gasteiger partial charge on any atom is 0.264 e. The van der Waals surface area contributed by atoms with Gasteiger partial charge in [0.05, 0.1) is 27.7 Å². The van der Waals surface area contributed by atoms with E-state index >= 15 is 0 Å². The van der Waals surface area contributed by atoms with Crippen LogP contribution in [0.25, 0.3) is 0 Å². The van der Waals surface area contributed by atoms with E-state index in [2.05, 4.69) is 5.32 Å². The third-order valence-electron chi connectivity index (χ3n) is 6.96. The summed E-state index contributed by atoms with van der Waals surface area (Å²) in [6, 6.07) is 17.1. The molecule has 0 bridgehead atoms. The van der Waals surface area contributed by atoms with Crippen molar-refractivity contribution < 1.29 is 22.7 Å². The van der Waals surface area contributed by atoms with Gasteiger partial charge in [0, 0.05) is 12.6 Å². The average molecular weight is 635 g/mol. The quantitative estimate of drug-likeness (QED) is 0.241. The molecule has 0 aliphatic carbocycles. The Kier molecular flexibility index (Phi) is 11.7. The minimum absolute atomic E-state index is 0.0106. The van der Waals surface area contributed by atoms with Gasteiger partial charge in [0.1, 0.15) is 18.3 Å². The number of nitrogens with zero attached hydrogens (tertiary/aromatic N) is 2. The van der Waals surface area contributed by atoms with E-state index in [-0.39, 0.29) is 39.1 Å². The maximum atomic E-state index is 14.2. The largest absolute Gasteiger partial charge is 0.497 e. The minimum atomic E-state index is -4.28. The maximum absolute atomic E-state index is 14.2. The van der Waals surface area contributed by atoms with Gasteiger partial charge < -0.3 is 15.0 Å². The minimum Gasteiger partial charge on any atom is -0.497 e. The molecule has 0 fully saturated rings. The van der Waals surface area contributed by atoms with Crippen LogP contribution in [0.4, 0.5) is 5.69 Å². The van der Waals surface area contributed by atoms with Gasteiger partial charge in [-0.15, -0.1) is 0 Å². The molecule has 0 saturated carbocycles. The predicted molar refractivity (Wildman–Crippen MR) is 168 cm³/mol. The molecule has 3 rings (SSSR count). The van der Waals surface area contributed by atoms with Crippen molar-refractivity contribution in [1.29, 1.82) is 0 Å². The zero-order chi connectivity index (χ0) is 31.0. The Hall–Kier alpha value is -3.27. The molecule has 0 aliphatic rings. The molecular weight excluding hydrogens is 597 g/mol. The molecule has 2 unspecified atom stereocenters. The van der Waals surface area contributed by atoms with Gasteiger partial charge in [0.15, 0.2) is 0 Å². The average Bonchev–Trinajstić information content (AvgIpc) is 2.97. The molecule has 0 aliphatic heterocycles. The first kappa shape index (κ1) is 33.2. The number of aryl methyl sites for hydroxylation is 1. The third-order valence-corrected chi connectivity index (χ3v) is 9.54. The molecule has 3 aromatic rings.